The minimum atomic E-state index is 0.297. The molecule has 4 nitrogen and oxygen atoms in total. The lowest BCUT2D eigenvalue weighted by molar-refractivity contribution is 0.150. The zero-order valence-electron chi connectivity index (χ0n) is 11.7. The molecule has 0 bridgehead atoms. The predicted octanol–water partition coefficient (Wildman–Crippen LogP) is 2.43. The molecule has 1 aromatic heterocycles. The van der Waals surface area contributed by atoms with E-state index in [0.717, 1.165) is 12.1 Å². The Morgan fingerprint density at radius 2 is 2.00 bits per heavy atom. The van der Waals surface area contributed by atoms with Gasteiger partial charge in [-0.3, -0.25) is 0 Å². The van der Waals surface area contributed by atoms with Crippen LogP contribution < -0.4 is 0 Å². The van der Waals surface area contributed by atoms with Crippen LogP contribution in [-0.4, -0.2) is 21.6 Å². The highest BCUT2D eigenvalue weighted by molar-refractivity contribution is 5.22. The quantitative estimate of drug-likeness (QED) is 0.572. The van der Waals surface area contributed by atoms with Crippen LogP contribution in [0.4, 0.5) is 0 Å². The van der Waals surface area contributed by atoms with Gasteiger partial charge in [0.05, 0.1) is 19.3 Å². The SMILES string of the molecule is C#CCOCc1cn(Cc2ccc(CCC)cc2)nn1. The topological polar surface area (TPSA) is 39.9 Å². The summed E-state index contributed by atoms with van der Waals surface area (Å²) >= 11 is 0. The molecule has 0 amide bonds. The van der Waals surface area contributed by atoms with Crippen molar-refractivity contribution in [3.05, 3.63) is 47.3 Å². The number of benzene rings is 1. The van der Waals surface area contributed by atoms with Crippen LogP contribution in [0.2, 0.25) is 0 Å². The molecule has 0 spiro atoms. The van der Waals surface area contributed by atoms with Crippen molar-refractivity contribution in [2.24, 2.45) is 0 Å². The maximum absolute atomic E-state index is 5.22. The molecule has 2 aromatic rings. The second-order valence-corrected chi connectivity index (χ2v) is 4.67. The summed E-state index contributed by atoms with van der Waals surface area (Å²) in [6.07, 6.45) is 9.30. The van der Waals surface area contributed by atoms with Crippen molar-refractivity contribution in [1.82, 2.24) is 15.0 Å². The summed E-state index contributed by atoms with van der Waals surface area (Å²) in [5.74, 6) is 2.42. The van der Waals surface area contributed by atoms with Crippen LogP contribution in [0.5, 0.6) is 0 Å². The number of aryl methyl sites for hydroxylation is 1. The lowest BCUT2D eigenvalue weighted by Gasteiger charge is -2.03. The molecule has 1 aromatic carbocycles. The van der Waals surface area contributed by atoms with Gasteiger partial charge in [0.2, 0.25) is 0 Å². The van der Waals surface area contributed by atoms with Crippen LogP contribution in [0, 0.1) is 12.3 Å². The highest BCUT2D eigenvalue weighted by Gasteiger charge is 2.02. The molecule has 104 valence electrons. The predicted molar refractivity (Wildman–Crippen MR) is 78.1 cm³/mol. The highest BCUT2D eigenvalue weighted by Crippen LogP contribution is 2.08. The average Bonchev–Trinajstić information content (AvgIpc) is 2.89. The number of aromatic nitrogens is 3. The van der Waals surface area contributed by atoms with Gasteiger partial charge in [-0.1, -0.05) is 48.7 Å². The van der Waals surface area contributed by atoms with Crippen LogP contribution in [-0.2, 0) is 24.3 Å². The fraction of sp³-hybridized carbons (Fsp3) is 0.375. The van der Waals surface area contributed by atoms with Gasteiger partial charge in [0.25, 0.3) is 0 Å². The zero-order chi connectivity index (χ0) is 14.2. The van der Waals surface area contributed by atoms with Crippen molar-refractivity contribution in [2.45, 2.75) is 32.9 Å². The Kier molecular flexibility index (Phi) is 5.33. The van der Waals surface area contributed by atoms with Gasteiger partial charge in [0.15, 0.2) is 0 Å². The minimum absolute atomic E-state index is 0.297. The lowest BCUT2D eigenvalue weighted by Crippen LogP contribution is -2.00. The molecule has 0 saturated carbocycles. The number of ether oxygens (including phenoxy) is 1. The third-order valence-electron chi connectivity index (χ3n) is 2.93. The zero-order valence-corrected chi connectivity index (χ0v) is 11.7. The molecule has 0 saturated heterocycles. The maximum atomic E-state index is 5.22. The normalized spacial score (nSPS) is 10.4. The van der Waals surface area contributed by atoms with Gasteiger partial charge >= 0.3 is 0 Å². The van der Waals surface area contributed by atoms with Gasteiger partial charge in [-0.15, -0.1) is 11.5 Å². The Morgan fingerprint density at radius 3 is 2.70 bits per heavy atom. The van der Waals surface area contributed by atoms with Gasteiger partial charge in [0, 0.05) is 0 Å². The molecule has 2 rings (SSSR count). The molecule has 0 fully saturated rings. The van der Waals surface area contributed by atoms with Gasteiger partial charge in [0.1, 0.15) is 12.3 Å². The van der Waals surface area contributed by atoms with Gasteiger partial charge in [-0.05, 0) is 17.5 Å². The maximum Gasteiger partial charge on any atom is 0.108 e. The van der Waals surface area contributed by atoms with Crippen molar-refractivity contribution >= 4 is 0 Å². The Morgan fingerprint density at radius 1 is 1.25 bits per heavy atom. The first-order valence-corrected chi connectivity index (χ1v) is 6.80. The van der Waals surface area contributed by atoms with Crippen LogP contribution in [0.3, 0.4) is 0 Å². The van der Waals surface area contributed by atoms with Crippen molar-refractivity contribution in [3.63, 3.8) is 0 Å². The molecule has 4 heteroatoms. The van der Waals surface area contributed by atoms with Gasteiger partial charge < -0.3 is 4.74 Å². The van der Waals surface area contributed by atoms with E-state index in [0.29, 0.717) is 19.8 Å². The smallest absolute Gasteiger partial charge is 0.108 e. The molecule has 1 heterocycles. The first kappa shape index (κ1) is 14.3. The van der Waals surface area contributed by atoms with E-state index in [1.54, 1.807) is 0 Å². The standard InChI is InChI=1S/C16H19N3O/c1-3-5-14-6-8-15(9-7-14)11-19-12-16(17-18-19)13-20-10-4-2/h2,6-9,12H,3,5,10-11,13H2,1H3. The summed E-state index contributed by atoms with van der Waals surface area (Å²) in [4.78, 5) is 0. The van der Waals surface area contributed by atoms with E-state index in [4.69, 9.17) is 11.2 Å². The van der Waals surface area contributed by atoms with Crippen molar-refractivity contribution in [1.29, 1.82) is 0 Å². The lowest BCUT2D eigenvalue weighted by atomic mass is 10.1. The summed E-state index contributed by atoms with van der Waals surface area (Å²) in [6.45, 7) is 3.60. The second kappa shape index (κ2) is 7.46. The first-order valence-electron chi connectivity index (χ1n) is 6.80. The molecule has 0 aliphatic carbocycles. The van der Waals surface area contributed by atoms with Crippen LogP contribution in [0.25, 0.3) is 0 Å². The number of hydrogen-bond donors (Lipinski definition) is 0. The van der Waals surface area contributed by atoms with E-state index >= 15 is 0 Å². The van der Waals surface area contributed by atoms with Gasteiger partial charge in [-0.25, -0.2) is 4.68 Å². The van der Waals surface area contributed by atoms with Crippen molar-refractivity contribution in [2.75, 3.05) is 6.61 Å². The van der Waals surface area contributed by atoms with E-state index in [1.807, 2.05) is 10.9 Å². The number of hydrogen-bond acceptors (Lipinski definition) is 3. The molecule has 0 N–H and O–H groups in total. The minimum Gasteiger partial charge on any atom is -0.362 e. The molecule has 20 heavy (non-hydrogen) atoms. The van der Waals surface area contributed by atoms with Gasteiger partial charge in [-0.2, -0.15) is 0 Å². The average molecular weight is 269 g/mol. The second-order valence-electron chi connectivity index (χ2n) is 4.67. The molecule has 0 aliphatic rings. The summed E-state index contributed by atoms with van der Waals surface area (Å²) in [6, 6.07) is 8.63. The number of terminal acetylenes is 1. The number of rotatable bonds is 7. The Balaban J connectivity index is 1.91. The van der Waals surface area contributed by atoms with E-state index in [1.165, 1.54) is 17.5 Å². The van der Waals surface area contributed by atoms with E-state index in [-0.39, 0.29) is 0 Å². The van der Waals surface area contributed by atoms with Crippen LogP contribution in [0.1, 0.15) is 30.2 Å². The largest absolute Gasteiger partial charge is 0.362 e. The van der Waals surface area contributed by atoms with Crippen LogP contribution in [0.15, 0.2) is 30.5 Å². The fourth-order valence-electron chi connectivity index (χ4n) is 1.98. The van der Waals surface area contributed by atoms with E-state index in [2.05, 4.69) is 47.4 Å². The molecular formula is C16H19N3O. The molecule has 0 atom stereocenters. The fourth-order valence-corrected chi connectivity index (χ4v) is 1.98. The Labute approximate surface area is 119 Å². The molecular weight excluding hydrogens is 250 g/mol. The monoisotopic (exact) mass is 269 g/mol. The molecule has 0 aliphatic heterocycles. The first-order chi connectivity index (χ1) is 9.81. The molecule has 0 unspecified atom stereocenters. The third kappa shape index (κ3) is 4.22. The molecule has 0 radical (unpaired) electrons. The van der Waals surface area contributed by atoms with E-state index in [9.17, 15) is 0 Å². The summed E-state index contributed by atoms with van der Waals surface area (Å²) < 4.78 is 7.03. The summed E-state index contributed by atoms with van der Waals surface area (Å²) in [7, 11) is 0. The van der Waals surface area contributed by atoms with E-state index < -0.39 is 0 Å². The highest BCUT2D eigenvalue weighted by atomic mass is 16.5. The third-order valence-corrected chi connectivity index (χ3v) is 2.93. The number of nitrogens with zero attached hydrogens (tertiary/aromatic N) is 3. The van der Waals surface area contributed by atoms with Crippen molar-refractivity contribution in [3.8, 4) is 12.3 Å². The Hall–Kier alpha value is -2.12. The Bertz CT molecular complexity index is 566. The van der Waals surface area contributed by atoms with Crippen LogP contribution >= 0.6 is 0 Å². The van der Waals surface area contributed by atoms with Crippen molar-refractivity contribution < 1.29 is 4.74 Å². The summed E-state index contributed by atoms with van der Waals surface area (Å²) in [5.41, 5.74) is 3.38. The summed E-state index contributed by atoms with van der Waals surface area (Å²) in [5, 5.41) is 8.13.